The highest BCUT2D eigenvalue weighted by molar-refractivity contribution is 5.77. The summed E-state index contributed by atoms with van der Waals surface area (Å²) in [6.07, 6.45) is 1.19. The monoisotopic (exact) mass is 544 g/mol. The Bertz CT molecular complexity index is 604. The smallest absolute Gasteiger partial charge is 0.221 e. The van der Waals surface area contributed by atoms with E-state index >= 15 is 0 Å². The van der Waals surface area contributed by atoms with E-state index in [2.05, 4.69) is 41.7 Å². The molecule has 0 heterocycles. The summed E-state index contributed by atoms with van der Waals surface area (Å²) in [5, 5.41) is 17.2. The fraction of sp³-hybridized carbons (Fsp3) is 0.833. The highest BCUT2D eigenvalue weighted by Crippen LogP contribution is 2.01. The summed E-state index contributed by atoms with van der Waals surface area (Å²) in [6.45, 7) is 7.17. The number of hydrogen-bond donors (Lipinski definition) is 8. The van der Waals surface area contributed by atoms with Crippen molar-refractivity contribution in [1.29, 1.82) is 0 Å². The molecule has 0 aromatic rings. The maximum atomic E-state index is 12.2. The highest BCUT2D eigenvalue weighted by Gasteiger charge is 2.15. The van der Waals surface area contributed by atoms with Gasteiger partial charge in [0.1, 0.15) is 0 Å². The standard InChI is InChI=1S/C24H52N10O4/c1-27-11-13-31-23(37)5-17-34(18-6-24(38)32-14-12-28-2)20-19-33(15-3-21(35)29-9-7-25)16-4-22(36)30-10-8-26/h27-28H,3-20,25-26H2,1-2H3,(H,29,35)(H,30,36)(H,31,37)(H,32,38). The average molecular weight is 545 g/mol. The molecule has 0 spiro atoms. The van der Waals surface area contributed by atoms with Gasteiger partial charge in [-0.25, -0.2) is 0 Å². The zero-order chi connectivity index (χ0) is 28.4. The maximum absolute atomic E-state index is 12.2. The Morgan fingerprint density at radius 1 is 0.474 bits per heavy atom. The van der Waals surface area contributed by atoms with Crippen LogP contribution in [0.5, 0.6) is 0 Å². The van der Waals surface area contributed by atoms with Gasteiger partial charge in [-0.3, -0.25) is 19.2 Å². The molecule has 0 aliphatic carbocycles. The minimum Gasteiger partial charge on any atom is -0.355 e. The van der Waals surface area contributed by atoms with E-state index < -0.39 is 0 Å². The summed E-state index contributed by atoms with van der Waals surface area (Å²) in [6, 6.07) is 0. The third-order valence-electron chi connectivity index (χ3n) is 5.68. The Labute approximate surface area is 227 Å². The molecule has 0 atom stereocenters. The maximum Gasteiger partial charge on any atom is 0.221 e. The largest absolute Gasteiger partial charge is 0.355 e. The van der Waals surface area contributed by atoms with Gasteiger partial charge in [0, 0.05) is 117 Å². The van der Waals surface area contributed by atoms with Gasteiger partial charge in [-0.2, -0.15) is 0 Å². The van der Waals surface area contributed by atoms with Crippen molar-refractivity contribution in [1.82, 2.24) is 41.7 Å². The van der Waals surface area contributed by atoms with Crippen molar-refractivity contribution >= 4 is 23.6 Å². The molecule has 0 aliphatic rings. The van der Waals surface area contributed by atoms with Crippen LogP contribution >= 0.6 is 0 Å². The minimum absolute atomic E-state index is 0.0475. The van der Waals surface area contributed by atoms with Gasteiger partial charge in [0.2, 0.25) is 23.6 Å². The van der Waals surface area contributed by atoms with Crippen LogP contribution in [0, 0.1) is 0 Å². The molecule has 0 bridgehead atoms. The lowest BCUT2D eigenvalue weighted by molar-refractivity contribution is -0.123. The molecule has 222 valence electrons. The number of carbonyl (C=O) groups excluding carboxylic acids is 4. The average Bonchev–Trinajstić information content (AvgIpc) is 2.91. The van der Waals surface area contributed by atoms with Crippen LogP contribution in [0.1, 0.15) is 25.7 Å². The van der Waals surface area contributed by atoms with Crippen LogP contribution in [0.3, 0.4) is 0 Å². The second-order valence-corrected chi connectivity index (χ2v) is 8.87. The van der Waals surface area contributed by atoms with Gasteiger partial charge < -0.3 is 53.2 Å². The molecule has 38 heavy (non-hydrogen) atoms. The van der Waals surface area contributed by atoms with E-state index in [4.69, 9.17) is 11.5 Å². The van der Waals surface area contributed by atoms with Crippen molar-refractivity contribution in [3.05, 3.63) is 0 Å². The second kappa shape index (κ2) is 24.9. The fourth-order valence-electron chi connectivity index (χ4n) is 3.42. The van der Waals surface area contributed by atoms with Crippen LogP contribution in [0.4, 0.5) is 0 Å². The van der Waals surface area contributed by atoms with Gasteiger partial charge in [-0.1, -0.05) is 0 Å². The van der Waals surface area contributed by atoms with E-state index in [1.807, 2.05) is 14.1 Å². The van der Waals surface area contributed by atoms with Crippen LogP contribution < -0.4 is 43.4 Å². The van der Waals surface area contributed by atoms with E-state index in [1.54, 1.807) is 0 Å². The SMILES string of the molecule is CNCCNC(=O)CCN(CCC(=O)NCCNC)CCN(CCC(=O)NCCN)CCC(=O)NCCN. The fourth-order valence-corrected chi connectivity index (χ4v) is 3.42. The van der Waals surface area contributed by atoms with Gasteiger partial charge in [0.25, 0.3) is 0 Å². The first-order valence-electron chi connectivity index (χ1n) is 13.6. The van der Waals surface area contributed by atoms with Gasteiger partial charge >= 0.3 is 0 Å². The van der Waals surface area contributed by atoms with Crippen LogP contribution in [0.2, 0.25) is 0 Å². The lowest BCUT2D eigenvalue weighted by Crippen LogP contribution is -2.42. The number of carbonyl (C=O) groups is 4. The Balaban J connectivity index is 5.03. The first-order valence-corrected chi connectivity index (χ1v) is 13.6. The number of nitrogens with zero attached hydrogens (tertiary/aromatic N) is 2. The van der Waals surface area contributed by atoms with Crippen LogP contribution in [0.15, 0.2) is 0 Å². The molecule has 0 fully saturated rings. The van der Waals surface area contributed by atoms with Gasteiger partial charge in [-0.05, 0) is 14.1 Å². The Morgan fingerprint density at radius 3 is 1.03 bits per heavy atom. The first kappa shape index (κ1) is 35.6. The molecule has 0 aromatic carbocycles. The molecule has 0 aliphatic heterocycles. The predicted octanol–water partition coefficient (Wildman–Crippen LogP) is -4.03. The van der Waals surface area contributed by atoms with Gasteiger partial charge in [-0.15, -0.1) is 0 Å². The second-order valence-electron chi connectivity index (χ2n) is 8.87. The van der Waals surface area contributed by atoms with E-state index in [1.165, 1.54) is 0 Å². The van der Waals surface area contributed by atoms with E-state index in [0.717, 1.165) is 0 Å². The zero-order valence-electron chi connectivity index (χ0n) is 23.4. The van der Waals surface area contributed by atoms with Crippen LogP contribution in [0.25, 0.3) is 0 Å². The molecule has 0 radical (unpaired) electrons. The topological polar surface area (TPSA) is 199 Å². The number of rotatable bonds is 25. The molecular formula is C24H52N10O4. The number of likely N-dealkylation sites (N-methyl/N-ethyl adjacent to an activating group) is 2. The number of amides is 4. The van der Waals surface area contributed by atoms with Crippen molar-refractivity contribution < 1.29 is 19.2 Å². The summed E-state index contributed by atoms with van der Waals surface area (Å²) in [5.74, 6) is -0.287. The Kier molecular flexibility index (Phi) is 23.4. The van der Waals surface area contributed by atoms with Crippen LogP contribution in [-0.4, -0.2) is 139 Å². The summed E-state index contributed by atoms with van der Waals surface area (Å²) in [4.78, 5) is 52.8. The summed E-state index contributed by atoms with van der Waals surface area (Å²) >= 11 is 0. The zero-order valence-corrected chi connectivity index (χ0v) is 23.4. The molecule has 10 N–H and O–H groups in total. The van der Waals surface area contributed by atoms with E-state index in [0.29, 0.717) is 104 Å². The molecule has 0 aromatic heterocycles. The van der Waals surface area contributed by atoms with Crippen molar-refractivity contribution in [3.8, 4) is 0 Å². The molecule has 0 saturated carbocycles. The van der Waals surface area contributed by atoms with Crippen molar-refractivity contribution in [3.63, 3.8) is 0 Å². The molecular weight excluding hydrogens is 492 g/mol. The summed E-state index contributed by atoms with van der Waals surface area (Å²) in [7, 11) is 3.65. The predicted molar refractivity (Wildman–Crippen MR) is 149 cm³/mol. The highest BCUT2D eigenvalue weighted by atomic mass is 16.2. The normalized spacial score (nSPS) is 11.0. The van der Waals surface area contributed by atoms with Crippen LogP contribution in [-0.2, 0) is 19.2 Å². The molecule has 14 nitrogen and oxygen atoms in total. The minimum atomic E-state index is -0.0960. The Morgan fingerprint density at radius 2 is 0.763 bits per heavy atom. The molecule has 0 unspecified atom stereocenters. The summed E-state index contributed by atoms with van der Waals surface area (Å²) in [5.41, 5.74) is 10.9. The molecule has 14 heteroatoms. The van der Waals surface area contributed by atoms with E-state index in [9.17, 15) is 19.2 Å². The van der Waals surface area contributed by atoms with Crippen molar-refractivity contribution in [2.24, 2.45) is 11.5 Å². The number of nitrogens with two attached hydrogens (primary N) is 2. The lowest BCUT2D eigenvalue weighted by atomic mass is 10.2. The Hall–Kier alpha value is -2.36. The van der Waals surface area contributed by atoms with Gasteiger partial charge in [0.15, 0.2) is 0 Å². The molecule has 0 saturated heterocycles. The summed E-state index contributed by atoms with van der Waals surface area (Å²) < 4.78 is 0. The third kappa shape index (κ3) is 21.7. The van der Waals surface area contributed by atoms with E-state index in [-0.39, 0.29) is 36.5 Å². The molecule has 0 rings (SSSR count). The van der Waals surface area contributed by atoms with Crippen molar-refractivity contribution in [2.45, 2.75) is 25.7 Å². The first-order chi connectivity index (χ1) is 18.4. The number of nitrogens with one attached hydrogen (secondary N) is 6. The third-order valence-corrected chi connectivity index (χ3v) is 5.68. The number of hydrogen-bond acceptors (Lipinski definition) is 10. The quantitative estimate of drug-likeness (QED) is 0.0524. The lowest BCUT2D eigenvalue weighted by Gasteiger charge is -2.27. The molecule has 4 amide bonds. The van der Waals surface area contributed by atoms with Crippen molar-refractivity contribution in [2.75, 3.05) is 106 Å². The van der Waals surface area contributed by atoms with Gasteiger partial charge in [0.05, 0.1) is 0 Å².